The zero-order valence-corrected chi connectivity index (χ0v) is 27.0. The Balaban J connectivity index is 1.11. The third-order valence-electron chi connectivity index (χ3n) is 9.96. The monoisotopic (exact) mass is 611 g/mol. The van der Waals surface area contributed by atoms with Crippen LogP contribution in [0.4, 0.5) is 11.4 Å². The van der Waals surface area contributed by atoms with Crippen LogP contribution in [-0.2, 0) is 0 Å². The quantitative estimate of drug-likeness (QED) is 0.205. The van der Waals surface area contributed by atoms with Crippen molar-refractivity contribution in [1.29, 1.82) is 0 Å². The van der Waals surface area contributed by atoms with Crippen LogP contribution in [-0.4, -0.2) is 10.00 Å². The van der Waals surface area contributed by atoms with Gasteiger partial charge in [0.05, 0.1) is 0 Å². The van der Waals surface area contributed by atoms with Gasteiger partial charge in [-0.1, -0.05) is 140 Å². The van der Waals surface area contributed by atoms with Crippen molar-refractivity contribution in [3.05, 3.63) is 175 Å². The molecule has 2 aliphatic carbocycles. The van der Waals surface area contributed by atoms with Crippen LogP contribution in [0.3, 0.4) is 0 Å². The third-order valence-corrected chi connectivity index (χ3v) is 11.8. The minimum atomic E-state index is 0.126. The van der Waals surface area contributed by atoms with Gasteiger partial charge in [-0.2, -0.15) is 0 Å². The standard InChI is InChI=1S/C44H37NS/c1-43-26-24-37(30-42(43)46-44(2)25-10-9-21-41(43)44)35-18-12-16-33(28-35)32-15-11-17-34(27-32)36-22-23-40(45-38-19-7-4-8-20-38)39(29-36)31-13-5-3-6-14-31/h3-30,41-42,45H,1-2H3. The highest BCUT2D eigenvalue weighted by Crippen LogP contribution is 2.62. The first-order chi connectivity index (χ1) is 22.5. The lowest BCUT2D eigenvalue weighted by molar-refractivity contribution is 0.312. The van der Waals surface area contributed by atoms with Gasteiger partial charge in [0.25, 0.3) is 0 Å². The molecular weight excluding hydrogens is 575 g/mol. The van der Waals surface area contributed by atoms with E-state index in [9.17, 15) is 0 Å². The van der Waals surface area contributed by atoms with Crippen molar-refractivity contribution in [2.24, 2.45) is 11.3 Å². The summed E-state index contributed by atoms with van der Waals surface area (Å²) in [5.41, 5.74) is 12.1. The summed E-state index contributed by atoms with van der Waals surface area (Å²) in [5.74, 6) is 0.508. The number of para-hydroxylation sites is 1. The molecular formula is C44H37NS. The number of hydrogen-bond donors (Lipinski definition) is 1. The van der Waals surface area contributed by atoms with Crippen LogP contribution in [0, 0.1) is 11.3 Å². The van der Waals surface area contributed by atoms with Crippen molar-refractivity contribution in [1.82, 2.24) is 0 Å². The minimum absolute atomic E-state index is 0.126. The normalized spacial score (nSPS) is 24.3. The largest absolute Gasteiger partial charge is 0.355 e. The van der Waals surface area contributed by atoms with Crippen molar-refractivity contribution in [2.45, 2.75) is 23.8 Å². The number of nitrogens with one attached hydrogen (secondary N) is 1. The van der Waals surface area contributed by atoms with Gasteiger partial charge in [-0.15, -0.1) is 11.8 Å². The first kappa shape index (κ1) is 28.7. The van der Waals surface area contributed by atoms with Crippen LogP contribution in [0.5, 0.6) is 0 Å². The summed E-state index contributed by atoms with van der Waals surface area (Å²) in [5, 5.41) is 4.08. The molecule has 1 aliphatic heterocycles. The van der Waals surface area contributed by atoms with E-state index in [0.717, 1.165) is 11.4 Å². The molecule has 0 bridgehead atoms. The fourth-order valence-electron chi connectivity index (χ4n) is 7.45. The third kappa shape index (κ3) is 5.17. The average Bonchev–Trinajstić information content (AvgIpc) is 3.35. The van der Waals surface area contributed by atoms with E-state index in [0.29, 0.717) is 11.2 Å². The number of anilines is 2. The zero-order valence-electron chi connectivity index (χ0n) is 26.2. The van der Waals surface area contributed by atoms with Gasteiger partial charge in [0.1, 0.15) is 0 Å². The number of benzene rings is 5. The fourth-order valence-corrected chi connectivity index (χ4v) is 9.32. The summed E-state index contributed by atoms with van der Waals surface area (Å²) in [6, 6.07) is 45.8. The number of thioether (sulfide) groups is 1. The highest BCUT2D eigenvalue weighted by atomic mass is 32.2. The zero-order chi connectivity index (χ0) is 31.1. The van der Waals surface area contributed by atoms with Gasteiger partial charge >= 0.3 is 0 Å². The summed E-state index contributed by atoms with van der Waals surface area (Å²) in [6.45, 7) is 4.83. The van der Waals surface area contributed by atoms with E-state index in [4.69, 9.17) is 0 Å². The lowest BCUT2D eigenvalue weighted by Crippen LogP contribution is -2.35. The van der Waals surface area contributed by atoms with E-state index in [1.54, 1.807) is 0 Å². The number of hydrogen-bond acceptors (Lipinski definition) is 2. The second-order valence-electron chi connectivity index (χ2n) is 13.0. The first-order valence-corrected chi connectivity index (χ1v) is 17.0. The fraction of sp³-hybridized carbons (Fsp3) is 0.136. The van der Waals surface area contributed by atoms with Gasteiger partial charge in [-0.3, -0.25) is 0 Å². The van der Waals surface area contributed by atoms with Gasteiger partial charge in [0, 0.05) is 38.3 Å². The van der Waals surface area contributed by atoms with E-state index in [2.05, 4.69) is 195 Å². The number of rotatable bonds is 6. The molecule has 5 aromatic carbocycles. The van der Waals surface area contributed by atoms with Crippen molar-refractivity contribution < 1.29 is 0 Å². The smallest absolute Gasteiger partial charge is 0.0464 e. The van der Waals surface area contributed by atoms with Crippen LogP contribution in [0.15, 0.2) is 170 Å². The Morgan fingerprint density at radius 3 is 1.96 bits per heavy atom. The molecule has 5 aromatic rings. The molecule has 4 unspecified atom stereocenters. The molecule has 46 heavy (non-hydrogen) atoms. The molecule has 2 heteroatoms. The Bertz CT molecular complexity index is 2040. The lowest BCUT2D eigenvalue weighted by atomic mass is 9.66. The van der Waals surface area contributed by atoms with Crippen LogP contribution in [0.2, 0.25) is 0 Å². The molecule has 3 aliphatic rings. The summed E-state index contributed by atoms with van der Waals surface area (Å²) in [7, 11) is 0. The first-order valence-electron chi connectivity index (χ1n) is 16.2. The van der Waals surface area contributed by atoms with Crippen LogP contribution >= 0.6 is 11.8 Å². The second-order valence-corrected chi connectivity index (χ2v) is 14.7. The summed E-state index contributed by atoms with van der Waals surface area (Å²) >= 11 is 2.11. The molecule has 0 spiro atoms. The van der Waals surface area contributed by atoms with Crippen LogP contribution < -0.4 is 5.32 Å². The molecule has 0 aromatic heterocycles. The minimum Gasteiger partial charge on any atom is -0.355 e. The lowest BCUT2D eigenvalue weighted by Gasteiger charge is -2.37. The predicted octanol–water partition coefficient (Wildman–Crippen LogP) is 12.0. The molecule has 1 N–H and O–H groups in total. The van der Waals surface area contributed by atoms with Crippen molar-refractivity contribution in [3.63, 3.8) is 0 Å². The summed E-state index contributed by atoms with van der Waals surface area (Å²) < 4.78 is 0.142. The molecule has 1 nitrogen and oxygen atoms in total. The highest BCUT2D eigenvalue weighted by Gasteiger charge is 2.55. The molecule has 4 atom stereocenters. The summed E-state index contributed by atoms with van der Waals surface area (Å²) in [4.78, 5) is 0. The van der Waals surface area contributed by atoms with Crippen LogP contribution in [0.1, 0.15) is 19.4 Å². The van der Waals surface area contributed by atoms with E-state index in [-0.39, 0.29) is 10.2 Å². The Morgan fingerprint density at radius 1 is 0.587 bits per heavy atom. The molecule has 224 valence electrons. The SMILES string of the molecule is CC12C=CC=CC1C1(C)C=CC(c3cccc(-c4cccc(-c5ccc(Nc6ccccc6)c(-c6ccccc6)c5)c4)c3)=CC1S2. The maximum Gasteiger partial charge on any atom is 0.0464 e. The van der Waals surface area contributed by atoms with Gasteiger partial charge in [-0.05, 0) is 82.3 Å². The Kier molecular flexibility index (Phi) is 7.19. The summed E-state index contributed by atoms with van der Waals surface area (Å²) in [6.07, 6.45) is 16.6. The van der Waals surface area contributed by atoms with Crippen molar-refractivity contribution >= 4 is 28.7 Å². The number of fused-ring (bicyclic) bond motifs is 3. The predicted molar refractivity (Wildman–Crippen MR) is 199 cm³/mol. The van der Waals surface area contributed by atoms with Gasteiger partial charge in [-0.25, -0.2) is 0 Å². The molecule has 1 saturated heterocycles. The van der Waals surface area contributed by atoms with Crippen LogP contribution in [0.25, 0.3) is 39.0 Å². The molecule has 1 fully saturated rings. The Morgan fingerprint density at radius 2 is 1.22 bits per heavy atom. The molecule has 1 heterocycles. The topological polar surface area (TPSA) is 12.0 Å². The molecule has 0 radical (unpaired) electrons. The van der Waals surface area contributed by atoms with E-state index in [1.165, 1.54) is 44.5 Å². The van der Waals surface area contributed by atoms with Gasteiger partial charge in [0.15, 0.2) is 0 Å². The highest BCUT2D eigenvalue weighted by molar-refractivity contribution is 8.02. The van der Waals surface area contributed by atoms with Gasteiger partial charge in [0.2, 0.25) is 0 Å². The molecule has 0 saturated carbocycles. The van der Waals surface area contributed by atoms with E-state index < -0.39 is 0 Å². The Hall–Kier alpha value is -4.79. The molecule has 8 rings (SSSR count). The molecule has 0 amide bonds. The van der Waals surface area contributed by atoms with E-state index in [1.807, 2.05) is 6.07 Å². The average molecular weight is 612 g/mol. The van der Waals surface area contributed by atoms with Gasteiger partial charge < -0.3 is 5.32 Å². The maximum absolute atomic E-state index is 3.64. The second kappa shape index (κ2) is 11.5. The number of allylic oxidation sites excluding steroid dienone is 6. The Labute approximate surface area is 277 Å². The maximum atomic E-state index is 3.64. The van der Waals surface area contributed by atoms with E-state index >= 15 is 0 Å². The van der Waals surface area contributed by atoms with Crippen molar-refractivity contribution in [2.75, 3.05) is 5.32 Å². The van der Waals surface area contributed by atoms with Crippen molar-refractivity contribution in [3.8, 4) is 33.4 Å².